The molecule has 1 N–H and O–H groups in total. The Hall–Kier alpha value is -1.58. The number of nitrogens with one attached hydrogen (secondary N) is 1. The molecule has 0 radical (unpaired) electrons. The van der Waals surface area contributed by atoms with Crippen LogP contribution in [0.3, 0.4) is 0 Å². The van der Waals surface area contributed by atoms with Crippen molar-refractivity contribution in [2.45, 2.75) is 0 Å². The topological polar surface area (TPSA) is 36.2 Å². The largest absolute Gasteiger partial charge is 0.282 e. The van der Waals surface area contributed by atoms with E-state index < -0.39 is 11.6 Å². The molecule has 1 aromatic rings. The normalized spacial score (nSPS) is 9.50. The summed E-state index contributed by atoms with van der Waals surface area (Å²) in [5.41, 5.74) is 0.0856. The van der Waals surface area contributed by atoms with Gasteiger partial charge in [0.1, 0.15) is 11.6 Å². The molecule has 0 atom stereocenters. The first-order valence-electron chi connectivity index (χ1n) is 3.15. The maximum Gasteiger partial charge on any atom is 0.151 e. The van der Waals surface area contributed by atoms with Gasteiger partial charge in [-0.1, -0.05) is 0 Å². The Morgan fingerprint density at radius 1 is 1.25 bits per heavy atom. The van der Waals surface area contributed by atoms with Crippen molar-refractivity contribution in [1.82, 2.24) is 0 Å². The minimum Gasteiger partial charge on any atom is -0.282 e. The van der Waals surface area contributed by atoms with Gasteiger partial charge in [0.05, 0.1) is 0 Å². The van der Waals surface area contributed by atoms with Crippen LogP contribution in [0, 0.1) is 17.0 Å². The summed E-state index contributed by atoms with van der Waals surface area (Å²) in [6.07, 6.45) is 0. The molecule has 4 heteroatoms. The van der Waals surface area contributed by atoms with Crippen LogP contribution >= 0.6 is 0 Å². The van der Waals surface area contributed by atoms with Crippen LogP contribution in [0.4, 0.5) is 8.78 Å². The van der Waals surface area contributed by atoms with Gasteiger partial charge in [-0.2, -0.15) is 0 Å². The zero-order valence-electron chi connectivity index (χ0n) is 6.14. The summed E-state index contributed by atoms with van der Waals surface area (Å²) in [6, 6.07) is 2.79. The van der Waals surface area contributed by atoms with Crippen LogP contribution in [0.1, 0.15) is 5.56 Å². The maximum absolute atomic E-state index is 12.5. The molecule has 0 saturated heterocycles. The summed E-state index contributed by atoms with van der Waals surface area (Å²) in [5, 5.41) is 7.11. The SMILES string of the molecule is C=NC(=N)c1cc(F)cc(F)c1. The molecular formula is C8H6F2N2. The zero-order chi connectivity index (χ0) is 9.14. The maximum atomic E-state index is 12.5. The van der Waals surface area contributed by atoms with E-state index in [-0.39, 0.29) is 11.4 Å². The summed E-state index contributed by atoms with van der Waals surface area (Å²) in [4.78, 5) is 3.24. The molecule has 0 fully saturated rings. The van der Waals surface area contributed by atoms with E-state index in [1.807, 2.05) is 0 Å². The molecular weight excluding hydrogens is 162 g/mol. The lowest BCUT2D eigenvalue weighted by atomic mass is 10.2. The number of rotatable bonds is 1. The molecule has 0 spiro atoms. The lowest BCUT2D eigenvalue weighted by Crippen LogP contribution is -1.95. The second kappa shape index (κ2) is 3.21. The van der Waals surface area contributed by atoms with Crippen LogP contribution in [0.5, 0.6) is 0 Å². The molecule has 12 heavy (non-hydrogen) atoms. The third kappa shape index (κ3) is 1.72. The first-order valence-corrected chi connectivity index (χ1v) is 3.15. The Bertz CT molecular complexity index is 314. The number of nitrogens with zero attached hydrogens (tertiary/aromatic N) is 1. The van der Waals surface area contributed by atoms with E-state index in [2.05, 4.69) is 11.7 Å². The van der Waals surface area contributed by atoms with Crippen molar-refractivity contribution in [3.05, 3.63) is 35.4 Å². The van der Waals surface area contributed by atoms with Gasteiger partial charge < -0.3 is 0 Å². The van der Waals surface area contributed by atoms with Crippen molar-refractivity contribution in [3.8, 4) is 0 Å². The Balaban J connectivity index is 3.17. The average Bonchev–Trinajstić information content (AvgIpc) is 2.01. The summed E-state index contributed by atoms with van der Waals surface area (Å²) < 4.78 is 25.1. The number of halogens is 2. The van der Waals surface area contributed by atoms with Crippen molar-refractivity contribution >= 4 is 12.6 Å². The van der Waals surface area contributed by atoms with Gasteiger partial charge in [-0.05, 0) is 18.9 Å². The van der Waals surface area contributed by atoms with Crippen LogP contribution in [0.2, 0.25) is 0 Å². The number of hydrogen-bond donors (Lipinski definition) is 1. The molecule has 0 aliphatic carbocycles. The molecule has 2 nitrogen and oxygen atoms in total. The van der Waals surface area contributed by atoms with Gasteiger partial charge in [-0.3, -0.25) is 5.41 Å². The highest BCUT2D eigenvalue weighted by molar-refractivity contribution is 5.98. The number of benzene rings is 1. The van der Waals surface area contributed by atoms with Crippen LogP contribution in [-0.4, -0.2) is 12.6 Å². The molecule has 0 saturated carbocycles. The van der Waals surface area contributed by atoms with Gasteiger partial charge in [0.15, 0.2) is 5.84 Å². The third-order valence-corrected chi connectivity index (χ3v) is 1.29. The molecule has 0 heterocycles. The molecule has 1 rings (SSSR count). The Labute approximate surface area is 68.1 Å². The quantitative estimate of drug-likeness (QED) is 0.491. The van der Waals surface area contributed by atoms with E-state index in [9.17, 15) is 8.78 Å². The second-order valence-electron chi connectivity index (χ2n) is 2.16. The average molecular weight is 168 g/mol. The highest BCUT2D eigenvalue weighted by Gasteiger charge is 2.03. The summed E-state index contributed by atoms with van der Waals surface area (Å²) in [5.74, 6) is -1.69. The van der Waals surface area contributed by atoms with Gasteiger partial charge in [-0.15, -0.1) is 0 Å². The van der Waals surface area contributed by atoms with Gasteiger partial charge in [0.2, 0.25) is 0 Å². The first-order chi connectivity index (χ1) is 5.63. The lowest BCUT2D eigenvalue weighted by molar-refractivity contribution is 0.583. The Morgan fingerprint density at radius 2 is 1.75 bits per heavy atom. The number of amidine groups is 1. The number of hydrogen-bond acceptors (Lipinski definition) is 1. The van der Waals surface area contributed by atoms with E-state index in [1.54, 1.807) is 0 Å². The minimum absolute atomic E-state index is 0.0856. The fourth-order valence-electron chi connectivity index (χ4n) is 0.782. The summed E-state index contributed by atoms with van der Waals surface area (Å²) in [6.45, 7) is 3.08. The molecule has 62 valence electrons. The van der Waals surface area contributed by atoms with E-state index >= 15 is 0 Å². The predicted molar refractivity (Wildman–Crippen MR) is 42.7 cm³/mol. The fourth-order valence-corrected chi connectivity index (χ4v) is 0.782. The van der Waals surface area contributed by atoms with Gasteiger partial charge in [0, 0.05) is 11.6 Å². The fraction of sp³-hybridized carbons (Fsp3) is 0. The van der Waals surface area contributed by atoms with E-state index in [0.717, 1.165) is 18.2 Å². The highest BCUT2D eigenvalue weighted by Crippen LogP contribution is 2.08. The molecule has 0 aliphatic heterocycles. The predicted octanol–water partition coefficient (Wildman–Crippen LogP) is 1.99. The van der Waals surface area contributed by atoms with E-state index in [4.69, 9.17) is 5.41 Å². The second-order valence-corrected chi connectivity index (χ2v) is 2.16. The smallest absolute Gasteiger partial charge is 0.151 e. The van der Waals surface area contributed by atoms with E-state index in [1.165, 1.54) is 0 Å². The van der Waals surface area contributed by atoms with Gasteiger partial charge in [-0.25, -0.2) is 13.8 Å². The third-order valence-electron chi connectivity index (χ3n) is 1.29. The minimum atomic E-state index is -0.724. The molecule has 1 aromatic carbocycles. The van der Waals surface area contributed by atoms with Crippen LogP contribution in [0.25, 0.3) is 0 Å². The van der Waals surface area contributed by atoms with Crippen LogP contribution < -0.4 is 0 Å². The standard InChI is InChI=1S/C8H6F2N2/c1-12-8(11)5-2-6(9)4-7(10)3-5/h2-4,11H,1H2. The van der Waals surface area contributed by atoms with Crippen molar-refractivity contribution < 1.29 is 8.78 Å². The first kappa shape index (κ1) is 8.52. The van der Waals surface area contributed by atoms with Crippen molar-refractivity contribution in [3.63, 3.8) is 0 Å². The molecule has 0 amide bonds. The number of aliphatic imine (C=N–C) groups is 1. The van der Waals surface area contributed by atoms with Crippen molar-refractivity contribution in [1.29, 1.82) is 5.41 Å². The monoisotopic (exact) mass is 168 g/mol. The zero-order valence-corrected chi connectivity index (χ0v) is 6.14. The lowest BCUT2D eigenvalue weighted by Gasteiger charge is -1.97. The molecule has 0 bridgehead atoms. The van der Waals surface area contributed by atoms with Crippen molar-refractivity contribution in [2.75, 3.05) is 0 Å². The van der Waals surface area contributed by atoms with Crippen LogP contribution in [0.15, 0.2) is 23.2 Å². The molecule has 0 unspecified atom stereocenters. The highest BCUT2D eigenvalue weighted by atomic mass is 19.1. The van der Waals surface area contributed by atoms with E-state index in [0.29, 0.717) is 0 Å². The summed E-state index contributed by atoms with van der Waals surface area (Å²) >= 11 is 0. The molecule has 0 aliphatic rings. The van der Waals surface area contributed by atoms with Gasteiger partial charge in [0.25, 0.3) is 0 Å². The molecule has 0 aromatic heterocycles. The Kier molecular flexibility index (Phi) is 2.28. The Morgan fingerprint density at radius 3 is 2.17 bits per heavy atom. The summed E-state index contributed by atoms with van der Waals surface area (Å²) in [7, 11) is 0. The van der Waals surface area contributed by atoms with Crippen molar-refractivity contribution in [2.24, 2.45) is 4.99 Å². The van der Waals surface area contributed by atoms with Crippen LogP contribution in [-0.2, 0) is 0 Å². The van der Waals surface area contributed by atoms with Gasteiger partial charge >= 0.3 is 0 Å².